The molecule has 11 heteroatoms. The Hall–Kier alpha value is -1.38. The molecule has 0 aliphatic rings. The van der Waals surface area contributed by atoms with E-state index in [2.05, 4.69) is 20.4 Å². The molecule has 0 aliphatic carbocycles. The predicted molar refractivity (Wildman–Crippen MR) is 96.6 cm³/mol. The molecule has 3 aromatic rings. The smallest absolute Gasteiger partial charge is 0.259 e. The number of hydrogen-bond acceptors (Lipinski definition) is 5. The molecule has 0 saturated heterocycles. The second-order valence-corrected chi connectivity index (χ2v) is 7.34. The summed E-state index contributed by atoms with van der Waals surface area (Å²) in [5, 5.41) is 8.47. The van der Waals surface area contributed by atoms with E-state index in [4.69, 9.17) is 46.4 Å². The highest BCUT2D eigenvalue weighted by Gasteiger charge is 2.20. The van der Waals surface area contributed by atoms with Crippen LogP contribution in [0.25, 0.3) is 16.3 Å². The van der Waals surface area contributed by atoms with Crippen LogP contribution in [0.4, 0.5) is 5.13 Å². The number of halogens is 4. The Morgan fingerprint density at radius 3 is 2.71 bits per heavy atom. The maximum absolute atomic E-state index is 11.7. The number of carbonyl (C=O) groups excluding carboxylic acids is 1. The first-order valence-electron chi connectivity index (χ1n) is 6.36. The third-order valence-electron chi connectivity index (χ3n) is 2.85. The fourth-order valence-corrected chi connectivity index (χ4v) is 3.37. The Morgan fingerprint density at radius 2 is 2.08 bits per heavy atom. The predicted octanol–water partition coefficient (Wildman–Crippen LogP) is 4.44. The maximum Gasteiger partial charge on any atom is 0.259 e. The van der Waals surface area contributed by atoms with Gasteiger partial charge in [-0.25, -0.2) is 14.6 Å². The fourth-order valence-electron chi connectivity index (χ4n) is 1.85. The van der Waals surface area contributed by atoms with E-state index in [1.165, 1.54) is 28.7 Å². The van der Waals surface area contributed by atoms with Gasteiger partial charge in [0.1, 0.15) is 23.3 Å². The van der Waals surface area contributed by atoms with E-state index in [1.54, 1.807) is 18.2 Å². The van der Waals surface area contributed by atoms with Crippen molar-refractivity contribution in [1.29, 1.82) is 0 Å². The highest BCUT2D eigenvalue weighted by atomic mass is 35.5. The lowest BCUT2D eigenvalue weighted by Crippen LogP contribution is -2.18. The van der Waals surface area contributed by atoms with Gasteiger partial charge in [-0.2, -0.15) is 5.10 Å². The molecule has 0 fully saturated rings. The lowest BCUT2D eigenvalue weighted by Gasteiger charge is -2.04. The minimum atomic E-state index is -1.20. The van der Waals surface area contributed by atoms with Crippen LogP contribution in [0.15, 0.2) is 30.9 Å². The quantitative estimate of drug-likeness (QED) is 0.630. The van der Waals surface area contributed by atoms with Gasteiger partial charge in [0.15, 0.2) is 9.97 Å². The topological polar surface area (TPSA) is 72.7 Å². The largest absolute Gasteiger partial charge is 0.300 e. The van der Waals surface area contributed by atoms with Gasteiger partial charge < -0.3 is 0 Å². The van der Waals surface area contributed by atoms with E-state index in [-0.39, 0.29) is 0 Å². The molecule has 0 spiro atoms. The van der Waals surface area contributed by atoms with Crippen LogP contribution in [0, 0.1) is 0 Å². The first-order chi connectivity index (χ1) is 11.5. The third-order valence-corrected chi connectivity index (χ3v) is 4.76. The molecule has 3 rings (SSSR count). The average Bonchev–Trinajstić information content (AvgIpc) is 3.16. The lowest BCUT2D eigenvalue weighted by atomic mass is 10.1. The SMILES string of the molecule is O=C(Nc1nc(-c2ccc(Cl)cc2Cl)c(-n2cncn2)s1)C(Cl)Cl. The summed E-state index contributed by atoms with van der Waals surface area (Å²) in [6, 6.07) is 5.03. The minimum Gasteiger partial charge on any atom is -0.300 e. The Morgan fingerprint density at radius 1 is 1.29 bits per heavy atom. The number of anilines is 1. The Labute approximate surface area is 160 Å². The number of carbonyl (C=O) groups is 1. The summed E-state index contributed by atoms with van der Waals surface area (Å²) in [5.41, 5.74) is 1.15. The summed E-state index contributed by atoms with van der Waals surface area (Å²) >= 11 is 24.5. The molecule has 0 atom stereocenters. The summed E-state index contributed by atoms with van der Waals surface area (Å²) in [6.45, 7) is 0. The van der Waals surface area contributed by atoms with Crippen molar-refractivity contribution >= 4 is 68.8 Å². The van der Waals surface area contributed by atoms with E-state index in [9.17, 15) is 4.79 Å². The highest BCUT2D eigenvalue weighted by Crippen LogP contribution is 2.38. The molecule has 2 aromatic heterocycles. The number of amides is 1. The van der Waals surface area contributed by atoms with Crippen LogP contribution < -0.4 is 5.32 Å². The number of hydrogen-bond donors (Lipinski definition) is 1. The summed E-state index contributed by atoms with van der Waals surface area (Å²) in [7, 11) is 0. The number of aromatic nitrogens is 4. The average molecular weight is 423 g/mol. The zero-order chi connectivity index (χ0) is 17.3. The van der Waals surface area contributed by atoms with Crippen molar-refractivity contribution in [3.8, 4) is 16.3 Å². The van der Waals surface area contributed by atoms with Crippen molar-refractivity contribution < 1.29 is 4.79 Å². The number of nitrogens with zero attached hydrogens (tertiary/aromatic N) is 4. The maximum atomic E-state index is 11.7. The molecule has 1 N–H and O–H groups in total. The van der Waals surface area contributed by atoms with Gasteiger partial charge >= 0.3 is 0 Å². The van der Waals surface area contributed by atoms with Crippen molar-refractivity contribution in [2.75, 3.05) is 5.32 Å². The van der Waals surface area contributed by atoms with Crippen LogP contribution in [0.5, 0.6) is 0 Å². The number of rotatable bonds is 4. The monoisotopic (exact) mass is 421 g/mol. The molecule has 0 saturated carbocycles. The van der Waals surface area contributed by atoms with Gasteiger partial charge in [-0.1, -0.05) is 57.7 Å². The van der Waals surface area contributed by atoms with E-state index < -0.39 is 10.7 Å². The molecule has 6 nitrogen and oxygen atoms in total. The number of thiazole rings is 1. The Kier molecular flexibility index (Phi) is 5.27. The zero-order valence-electron chi connectivity index (χ0n) is 11.6. The van der Waals surface area contributed by atoms with Gasteiger partial charge in [0.25, 0.3) is 5.91 Å². The molecule has 124 valence electrons. The molecule has 0 radical (unpaired) electrons. The lowest BCUT2D eigenvalue weighted by molar-refractivity contribution is -0.114. The van der Waals surface area contributed by atoms with Crippen molar-refractivity contribution in [2.45, 2.75) is 4.84 Å². The zero-order valence-corrected chi connectivity index (χ0v) is 15.4. The normalized spacial score (nSPS) is 11.0. The van der Waals surface area contributed by atoms with Crippen molar-refractivity contribution in [3.63, 3.8) is 0 Å². The van der Waals surface area contributed by atoms with Crippen molar-refractivity contribution in [3.05, 3.63) is 40.9 Å². The van der Waals surface area contributed by atoms with Crippen molar-refractivity contribution in [1.82, 2.24) is 19.7 Å². The minimum absolute atomic E-state index is 0.304. The molecular formula is C13H7Cl4N5OS. The van der Waals surface area contributed by atoms with Gasteiger partial charge in [0.05, 0.1) is 5.02 Å². The van der Waals surface area contributed by atoms with Gasteiger partial charge in [-0.15, -0.1) is 0 Å². The first-order valence-corrected chi connectivity index (χ1v) is 8.80. The molecule has 0 bridgehead atoms. The van der Waals surface area contributed by atoms with E-state index in [1.807, 2.05) is 0 Å². The fraction of sp³-hybridized carbons (Fsp3) is 0.0769. The third kappa shape index (κ3) is 3.65. The Balaban J connectivity index is 2.09. The van der Waals surface area contributed by atoms with Crippen LogP contribution in [0.3, 0.4) is 0 Å². The summed E-state index contributed by atoms with van der Waals surface area (Å²) in [6.07, 6.45) is 2.90. The molecule has 1 aromatic carbocycles. The second kappa shape index (κ2) is 7.25. The second-order valence-electron chi connectivity index (χ2n) is 4.43. The molecule has 0 unspecified atom stereocenters. The molecule has 0 aliphatic heterocycles. The summed E-state index contributed by atoms with van der Waals surface area (Å²) in [4.78, 5) is 18.8. The Bertz CT molecular complexity index is 881. The van der Waals surface area contributed by atoms with Crippen molar-refractivity contribution in [2.24, 2.45) is 0 Å². The molecule has 24 heavy (non-hydrogen) atoms. The van der Waals surface area contributed by atoms with Crippen LogP contribution in [0.2, 0.25) is 10.0 Å². The number of nitrogens with one attached hydrogen (secondary N) is 1. The standard InChI is InChI=1S/C13H7Cl4N5OS/c14-6-1-2-7(8(15)3-6)9-12(22-5-18-4-19-22)24-13(20-9)21-11(23)10(16)17/h1-5,10H,(H,20,21,23). The van der Waals surface area contributed by atoms with Gasteiger partial charge in [-0.3, -0.25) is 10.1 Å². The van der Waals surface area contributed by atoms with Gasteiger partial charge in [-0.05, 0) is 18.2 Å². The van der Waals surface area contributed by atoms with Gasteiger partial charge in [0, 0.05) is 10.6 Å². The number of benzene rings is 1. The van der Waals surface area contributed by atoms with E-state index >= 15 is 0 Å². The first kappa shape index (κ1) is 17.4. The molecule has 1 amide bonds. The van der Waals surface area contributed by atoms with Crippen LogP contribution in [-0.4, -0.2) is 30.5 Å². The van der Waals surface area contributed by atoms with Crippen LogP contribution >= 0.6 is 57.7 Å². The molecule has 2 heterocycles. The van der Waals surface area contributed by atoms with E-state index in [0.29, 0.717) is 31.4 Å². The molecular weight excluding hydrogens is 416 g/mol. The van der Waals surface area contributed by atoms with Crippen LogP contribution in [0.1, 0.15) is 0 Å². The van der Waals surface area contributed by atoms with E-state index in [0.717, 1.165) is 0 Å². The number of alkyl halides is 2. The summed E-state index contributed by atoms with van der Waals surface area (Å²) < 4.78 is 1.52. The highest BCUT2D eigenvalue weighted by molar-refractivity contribution is 7.18. The van der Waals surface area contributed by atoms with Crippen LogP contribution in [-0.2, 0) is 4.79 Å². The summed E-state index contributed by atoms with van der Waals surface area (Å²) in [5.74, 6) is -0.578. The van der Waals surface area contributed by atoms with Gasteiger partial charge in [0.2, 0.25) is 0 Å².